The standard InChI is InChI=1S/C20H20N4O3/c1-4-15-8-10-16(11-9-15)27-20-18(24(25)26)19(21-12-22-20)23-17-7-5-6-13(2)14(17)3/h5-12H,4H2,1-3H3,(H,21,22,23). The molecule has 3 rings (SSSR count). The molecule has 0 bridgehead atoms. The van der Waals surface area contributed by atoms with Gasteiger partial charge in [-0.15, -0.1) is 0 Å². The van der Waals surface area contributed by atoms with Crippen molar-refractivity contribution in [2.75, 3.05) is 5.32 Å². The summed E-state index contributed by atoms with van der Waals surface area (Å²) in [6.45, 7) is 5.97. The molecule has 0 saturated carbocycles. The first-order valence-electron chi connectivity index (χ1n) is 8.59. The predicted molar refractivity (Wildman–Crippen MR) is 104 cm³/mol. The maximum atomic E-state index is 11.7. The first-order chi connectivity index (χ1) is 13.0. The molecule has 138 valence electrons. The van der Waals surface area contributed by atoms with Crippen molar-refractivity contribution in [3.8, 4) is 11.6 Å². The number of nitrogens with one attached hydrogen (secondary N) is 1. The van der Waals surface area contributed by atoms with Crippen LogP contribution < -0.4 is 10.1 Å². The summed E-state index contributed by atoms with van der Waals surface area (Å²) in [5.74, 6) is 0.461. The molecule has 7 heteroatoms. The lowest BCUT2D eigenvalue weighted by atomic mass is 10.1. The highest BCUT2D eigenvalue weighted by Crippen LogP contribution is 2.36. The van der Waals surface area contributed by atoms with Gasteiger partial charge in [0.05, 0.1) is 4.92 Å². The number of ether oxygens (including phenoxy) is 1. The molecule has 0 fully saturated rings. The van der Waals surface area contributed by atoms with Gasteiger partial charge in [-0.1, -0.05) is 31.2 Å². The monoisotopic (exact) mass is 364 g/mol. The maximum Gasteiger partial charge on any atom is 0.373 e. The summed E-state index contributed by atoms with van der Waals surface area (Å²) in [5, 5.41) is 14.7. The molecule has 0 unspecified atom stereocenters. The summed E-state index contributed by atoms with van der Waals surface area (Å²) in [5.41, 5.74) is 3.65. The SMILES string of the molecule is CCc1ccc(Oc2ncnc(Nc3cccc(C)c3C)c2[N+](=O)[O-])cc1. The third-order valence-corrected chi connectivity index (χ3v) is 4.38. The summed E-state index contributed by atoms with van der Waals surface area (Å²) in [7, 11) is 0. The van der Waals surface area contributed by atoms with Gasteiger partial charge < -0.3 is 10.1 Å². The van der Waals surface area contributed by atoms with E-state index in [4.69, 9.17) is 4.74 Å². The topological polar surface area (TPSA) is 90.2 Å². The number of nitrogens with zero attached hydrogens (tertiary/aromatic N) is 3. The molecule has 3 aromatic rings. The molecule has 1 aromatic heterocycles. The first kappa shape index (κ1) is 18.3. The van der Waals surface area contributed by atoms with Crippen LogP contribution in [0.4, 0.5) is 17.2 Å². The van der Waals surface area contributed by atoms with Gasteiger partial charge in [-0.05, 0) is 55.2 Å². The average molecular weight is 364 g/mol. The molecule has 0 atom stereocenters. The van der Waals surface area contributed by atoms with Gasteiger partial charge in [0.1, 0.15) is 12.1 Å². The van der Waals surface area contributed by atoms with Crippen LogP contribution in [0.15, 0.2) is 48.8 Å². The van der Waals surface area contributed by atoms with Gasteiger partial charge >= 0.3 is 11.6 Å². The highest BCUT2D eigenvalue weighted by Gasteiger charge is 2.25. The molecule has 2 aromatic carbocycles. The van der Waals surface area contributed by atoms with E-state index in [0.717, 1.165) is 28.8 Å². The highest BCUT2D eigenvalue weighted by atomic mass is 16.6. The number of aromatic nitrogens is 2. The Morgan fingerprint density at radius 3 is 2.52 bits per heavy atom. The van der Waals surface area contributed by atoms with Crippen molar-refractivity contribution in [3.05, 3.63) is 75.6 Å². The van der Waals surface area contributed by atoms with E-state index >= 15 is 0 Å². The Labute approximate surface area is 157 Å². The Hall–Kier alpha value is -3.48. The van der Waals surface area contributed by atoms with Crippen LogP contribution in [0.3, 0.4) is 0 Å². The highest BCUT2D eigenvalue weighted by molar-refractivity contribution is 5.71. The fourth-order valence-electron chi connectivity index (χ4n) is 2.61. The van der Waals surface area contributed by atoms with E-state index in [-0.39, 0.29) is 17.4 Å². The molecule has 0 saturated heterocycles. The zero-order chi connectivity index (χ0) is 19.4. The van der Waals surface area contributed by atoms with Crippen LogP contribution in [0, 0.1) is 24.0 Å². The fourth-order valence-corrected chi connectivity index (χ4v) is 2.61. The quantitative estimate of drug-likeness (QED) is 0.483. The van der Waals surface area contributed by atoms with Crippen molar-refractivity contribution < 1.29 is 9.66 Å². The number of rotatable bonds is 6. The van der Waals surface area contributed by atoms with Gasteiger partial charge in [-0.25, -0.2) is 4.98 Å². The summed E-state index contributed by atoms with van der Waals surface area (Å²) in [6.07, 6.45) is 2.15. The smallest absolute Gasteiger partial charge is 0.373 e. The van der Waals surface area contributed by atoms with Gasteiger partial charge in [0.15, 0.2) is 0 Å². The van der Waals surface area contributed by atoms with Crippen LogP contribution in [0.5, 0.6) is 11.6 Å². The summed E-state index contributed by atoms with van der Waals surface area (Å²) in [6, 6.07) is 13.1. The van der Waals surface area contributed by atoms with Crippen molar-refractivity contribution in [2.24, 2.45) is 0 Å². The van der Waals surface area contributed by atoms with Crippen molar-refractivity contribution in [1.29, 1.82) is 0 Å². The average Bonchev–Trinajstić information content (AvgIpc) is 2.66. The number of nitro groups is 1. The van der Waals surface area contributed by atoms with Crippen molar-refractivity contribution in [1.82, 2.24) is 9.97 Å². The third-order valence-electron chi connectivity index (χ3n) is 4.38. The molecule has 0 spiro atoms. The van der Waals surface area contributed by atoms with Crippen molar-refractivity contribution >= 4 is 17.2 Å². The van der Waals surface area contributed by atoms with Crippen LogP contribution in [-0.4, -0.2) is 14.9 Å². The zero-order valence-corrected chi connectivity index (χ0v) is 15.4. The van der Waals surface area contributed by atoms with Gasteiger partial charge in [-0.2, -0.15) is 4.98 Å². The van der Waals surface area contributed by atoms with Crippen molar-refractivity contribution in [2.45, 2.75) is 27.2 Å². The maximum absolute atomic E-state index is 11.7. The van der Waals surface area contributed by atoms with Gasteiger partial charge in [0, 0.05) is 5.69 Å². The number of aryl methyl sites for hydroxylation is 2. The van der Waals surface area contributed by atoms with Crippen LogP contribution in [0.2, 0.25) is 0 Å². The molecule has 1 heterocycles. The van der Waals surface area contributed by atoms with E-state index in [9.17, 15) is 10.1 Å². The minimum atomic E-state index is -0.538. The Morgan fingerprint density at radius 2 is 1.85 bits per heavy atom. The summed E-state index contributed by atoms with van der Waals surface area (Å²) >= 11 is 0. The summed E-state index contributed by atoms with van der Waals surface area (Å²) < 4.78 is 5.67. The fraction of sp³-hybridized carbons (Fsp3) is 0.200. The Morgan fingerprint density at radius 1 is 1.11 bits per heavy atom. The van der Waals surface area contributed by atoms with Crippen LogP contribution in [0.1, 0.15) is 23.6 Å². The number of hydrogen-bond acceptors (Lipinski definition) is 6. The van der Waals surface area contributed by atoms with Crippen molar-refractivity contribution in [3.63, 3.8) is 0 Å². The Balaban J connectivity index is 1.97. The molecular weight excluding hydrogens is 344 g/mol. The molecule has 0 aliphatic heterocycles. The van der Waals surface area contributed by atoms with E-state index in [1.165, 1.54) is 6.33 Å². The van der Waals surface area contributed by atoms with Gasteiger partial charge in [-0.3, -0.25) is 10.1 Å². The number of anilines is 2. The van der Waals surface area contributed by atoms with Gasteiger partial charge in [0.25, 0.3) is 0 Å². The lowest BCUT2D eigenvalue weighted by Crippen LogP contribution is -2.04. The largest absolute Gasteiger partial charge is 0.434 e. The Bertz CT molecular complexity index is 971. The lowest BCUT2D eigenvalue weighted by Gasteiger charge is -2.12. The predicted octanol–water partition coefficient (Wildman–Crippen LogP) is 5.10. The van der Waals surface area contributed by atoms with E-state index in [2.05, 4.69) is 22.2 Å². The second-order valence-electron chi connectivity index (χ2n) is 6.11. The van der Waals surface area contributed by atoms with E-state index in [0.29, 0.717) is 5.75 Å². The van der Waals surface area contributed by atoms with Crippen LogP contribution >= 0.6 is 0 Å². The molecule has 0 amide bonds. The molecule has 0 aliphatic rings. The first-order valence-corrected chi connectivity index (χ1v) is 8.59. The lowest BCUT2D eigenvalue weighted by molar-refractivity contribution is -0.385. The minimum absolute atomic E-state index is 0.0869. The molecule has 0 aliphatic carbocycles. The second-order valence-corrected chi connectivity index (χ2v) is 6.11. The van der Waals surface area contributed by atoms with Gasteiger partial charge in [0.2, 0.25) is 5.82 Å². The zero-order valence-electron chi connectivity index (χ0n) is 15.4. The number of hydrogen-bond donors (Lipinski definition) is 1. The minimum Gasteiger partial charge on any atom is -0.434 e. The van der Waals surface area contributed by atoms with E-state index in [1.54, 1.807) is 12.1 Å². The normalized spacial score (nSPS) is 10.5. The second kappa shape index (κ2) is 7.82. The molecule has 27 heavy (non-hydrogen) atoms. The number of benzene rings is 2. The van der Waals surface area contributed by atoms with E-state index < -0.39 is 4.92 Å². The Kier molecular flexibility index (Phi) is 5.30. The molecule has 7 nitrogen and oxygen atoms in total. The summed E-state index contributed by atoms with van der Waals surface area (Å²) in [4.78, 5) is 19.2. The molecular formula is C20H20N4O3. The molecule has 1 N–H and O–H groups in total. The van der Waals surface area contributed by atoms with Crippen LogP contribution in [-0.2, 0) is 6.42 Å². The molecule has 0 radical (unpaired) electrons. The van der Waals surface area contributed by atoms with E-state index in [1.807, 2.05) is 44.2 Å². The third kappa shape index (κ3) is 4.03. The van der Waals surface area contributed by atoms with Crippen LogP contribution in [0.25, 0.3) is 0 Å².